The maximum atomic E-state index is 8.88. The predicted molar refractivity (Wildman–Crippen MR) is 39.9 cm³/mol. The van der Waals surface area contributed by atoms with Gasteiger partial charge in [-0.2, -0.15) is 5.48 Å². The molecule has 0 rings (SSSR count). The average Bonchev–Trinajstić information content (AvgIpc) is 2.03. The minimum absolute atomic E-state index is 0.152. The summed E-state index contributed by atoms with van der Waals surface area (Å²) in [4.78, 5) is 4.54. The smallest absolute Gasteiger partial charge is 0.152 e. The molecule has 0 aromatic heterocycles. The Kier molecular flexibility index (Phi) is 6.17. The molecule has 6 nitrogen and oxygen atoms in total. The van der Waals surface area contributed by atoms with Gasteiger partial charge in [-0.05, 0) is 6.92 Å². The van der Waals surface area contributed by atoms with Crippen molar-refractivity contribution in [2.45, 2.75) is 25.4 Å². The largest absolute Gasteiger partial charge is 0.394 e. The van der Waals surface area contributed by atoms with Crippen molar-refractivity contribution in [3.8, 4) is 0 Å². The van der Waals surface area contributed by atoms with E-state index in [1.165, 1.54) is 6.92 Å². The van der Waals surface area contributed by atoms with E-state index in [4.69, 9.17) is 20.4 Å². The third kappa shape index (κ3) is 5.42. The molecular formula is C6H15NO5. The van der Waals surface area contributed by atoms with E-state index in [-0.39, 0.29) is 6.61 Å². The summed E-state index contributed by atoms with van der Waals surface area (Å²) in [5, 5.41) is 34.7. The third-order valence-corrected chi connectivity index (χ3v) is 1.15. The molecule has 0 aliphatic heterocycles. The van der Waals surface area contributed by atoms with Crippen molar-refractivity contribution in [1.29, 1.82) is 0 Å². The summed E-state index contributed by atoms with van der Waals surface area (Å²) < 4.78 is 0. The highest BCUT2D eigenvalue weighted by Crippen LogP contribution is 1.87. The molecule has 0 fully saturated rings. The minimum atomic E-state index is -1.20. The van der Waals surface area contributed by atoms with E-state index in [0.29, 0.717) is 0 Å². The molecule has 3 unspecified atom stereocenters. The zero-order valence-electron chi connectivity index (χ0n) is 6.84. The zero-order chi connectivity index (χ0) is 9.56. The van der Waals surface area contributed by atoms with Crippen LogP contribution in [-0.2, 0) is 4.84 Å². The quantitative estimate of drug-likeness (QED) is 0.230. The molecule has 0 bridgehead atoms. The molecule has 0 aliphatic rings. The first kappa shape index (κ1) is 11.8. The highest BCUT2D eigenvalue weighted by atomic mass is 16.7. The maximum absolute atomic E-state index is 8.88. The van der Waals surface area contributed by atoms with Crippen molar-refractivity contribution in [2.24, 2.45) is 0 Å². The van der Waals surface area contributed by atoms with Gasteiger partial charge in [-0.15, -0.1) is 0 Å². The Morgan fingerprint density at radius 3 is 2.33 bits per heavy atom. The summed E-state index contributed by atoms with van der Waals surface area (Å²) in [5.41, 5.74) is 2.08. The summed E-state index contributed by atoms with van der Waals surface area (Å²) in [6.07, 6.45) is -3.15. The molecule has 0 heterocycles. The second-order valence-electron chi connectivity index (χ2n) is 2.45. The second-order valence-corrected chi connectivity index (χ2v) is 2.45. The van der Waals surface area contributed by atoms with Crippen LogP contribution in [0.2, 0.25) is 0 Å². The van der Waals surface area contributed by atoms with E-state index >= 15 is 0 Å². The lowest BCUT2D eigenvalue weighted by molar-refractivity contribution is -0.122. The SMILES string of the molecule is CC(O)C(O)NOCC(O)CO. The number of rotatable bonds is 6. The first-order valence-electron chi connectivity index (χ1n) is 3.60. The molecule has 3 atom stereocenters. The third-order valence-electron chi connectivity index (χ3n) is 1.15. The summed E-state index contributed by atoms with van der Waals surface area (Å²) in [6.45, 7) is 0.816. The Hall–Kier alpha value is -0.240. The normalized spacial score (nSPS) is 18.8. The van der Waals surface area contributed by atoms with Gasteiger partial charge in [0.1, 0.15) is 6.10 Å². The maximum Gasteiger partial charge on any atom is 0.152 e. The van der Waals surface area contributed by atoms with Gasteiger partial charge in [0.2, 0.25) is 0 Å². The molecule has 0 radical (unpaired) electrons. The molecular weight excluding hydrogens is 166 g/mol. The molecule has 12 heavy (non-hydrogen) atoms. The van der Waals surface area contributed by atoms with Crippen LogP contribution in [-0.4, -0.2) is 52.1 Å². The molecule has 0 aromatic carbocycles. The Morgan fingerprint density at radius 1 is 1.33 bits per heavy atom. The van der Waals surface area contributed by atoms with E-state index in [2.05, 4.69) is 10.3 Å². The van der Waals surface area contributed by atoms with Crippen LogP contribution in [0.3, 0.4) is 0 Å². The second kappa shape index (κ2) is 6.30. The number of hydrogen-bond donors (Lipinski definition) is 5. The van der Waals surface area contributed by atoms with Crippen LogP contribution in [0.1, 0.15) is 6.92 Å². The van der Waals surface area contributed by atoms with Crippen molar-refractivity contribution in [3.63, 3.8) is 0 Å². The highest BCUT2D eigenvalue weighted by molar-refractivity contribution is 4.53. The van der Waals surface area contributed by atoms with Crippen LogP contribution < -0.4 is 5.48 Å². The monoisotopic (exact) mass is 181 g/mol. The lowest BCUT2D eigenvalue weighted by Gasteiger charge is -2.16. The van der Waals surface area contributed by atoms with Gasteiger partial charge in [-0.3, -0.25) is 4.84 Å². The standard InChI is InChI=1S/C6H15NO5/c1-4(9)6(11)7-12-3-5(10)2-8/h4-11H,2-3H2,1H3. The summed E-state index contributed by atoms with van der Waals surface area (Å²) in [7, 11) is 0. The number of aliphatic hydroxyl groups excluding tert-OH is 4. The average molecular weight is 181 g/mol. The molecule has 74 valence electrons. The van der Waals surface area contributed by atoms with Gasteiger partial charge in [0.05, 0.1) is 19.3 Å². The Labute approximate surface area is 70.4 Å². The molecule has 0 saturated heterocycles. The van der Waals surface area contributed by atoms with Gasteiger partial charge >= 0.3 is 0 Å². The van der Waals surface area contributed by atoms with Crippen molar-refractivity contribution in [1.82, 2.24) is 5.48 Å². The van der Waals surface area contributed by atoms with Crippen LogP contribution in [0.15, 0.2) is 0 Å². The zero-order valence-corrected chi connectivity index (χ0v) is 6.84. The van der Waals surface area contributed by atoms with Crippen LogP contribution in [0.5, 0.6) is 0 Å². The van der Waals surface area contributed by atoms with Gasteiger partial charge in [0.15, 0.2) is 6.23 Å². The van der Waals surface area contributed by atoms with E-state index in [1.54, 1.807) is 0 Å². The lowest BCUT2D eigenvalue weighted by atomic mass is 10.4. The first-order chi connectivity index (χ1) is 5.57. The number of hydrogen-bond acceptors (Lipinski definition) is 6. The number of aliphatic hydroxyl groups is 4. The fourth-order valence-corrected chi connectivity index (χ4v) is 0.381. The fourth-order valence-electron chi connectivity index (χ4n) is 0.381. The van der Waals surface area contributed by atoms with E-state index in [9.17, 15) is 0 Å². The summed E-state index contributed by atoms with van der Waals surface area (Å²) >= 11 is 0. The summed E-state index contributed by atoms with van der Waals surface area (Å²) in [5.74, 6) is 0. The molecule has 5 N–H and O–H groups in total. The Balaban J connectivity index is 3.30. The van der Waals surface area contributed by atoms with Crippen molar-refractivity contribution in [3.05, 3.63) is 0 Å². The van der Waals surface area contributed by atoms with Gasteiger partial charge < -0.3 is 20.4 Å². The van der Waals surface area contributed by atoms with Gasteiger partial charge in [-0.1, -0.05) is 0 Å². The summed E-state index contributed by atoms with van der Waals surface area (Å²) in [6, 6.07) is 0. The van der Waals surface area contributed by atoms with Crippen molar-refractivity contribution < 1.29 is 25.3 Å². The van der Waals surface area contributed by atoms with Crippen LogP contribution in [0.25, 0.3) is 0 Å². The van der Waals surface area contributed by atoms with Gasteiger partial charge in [-0.25, -0.2) is 0 Å². The number of hydroxylamine groups is 1. The Morgan fingerprint density at radius 2 is 1.92 bits per heavy atom. The molecule has 0 amide bonds. The van der Waals surface area contributed by atoms with E-state index in [0.717, 1.165) is 0 Å². The van der Waals surface area contributed by atoms with Crippen LogP contribution >= 0.6 is 0 Å². The van der Waals surface area contributed by atoms with Gasteiger partial charge in [0.25, 0.3) is 0 Å². The van der Waals surface area contributed by atoms with E-state index < -0.39 is 25.0 Å². The molecule has 0 saturated carbocycles. The first-order valence-corrected chi connectivity index (χ1v) is 3.60. The van der Waals surface area contributed by atoms with Crippen molar-refractivity contribution in [2.75, 3.05) is 13.2 Å². The van der Waals surface area contributed by atoms with Crippen LogP contribution in [0, 0.1) is 0 Å². The lowest BCUT2D eigenvalue weighted by Crippen LogP contribution is -2.39. The molecule has 0 aromatic rings. The molecule has 6 heteroatoms. The highest BCUT2D eigenvalue weighted by Gasteiger charge is 2.10. The Bertz CT molecular complexity index is 110. The van der Waals surface area contributed by atoms with Gasteiger partial charge in [0, 0.05) is 0 Å². The van der Waals surface area contributed by atoms with Crippen molar-refractivity contribution >= 4 is 0 Å². The molecule has 0 aliphatic carbocycles. The minimum Gasteiger partial charge on any atom is -0.394 e. The number of nitrogens with one attached hydrogen (secondary N) is 1. The fraction of sp³-hybridized carbons (Fsp3) is 1.00. The van der Waals surface area contributed by atoms with E-state index in [1.807, 2.05) is 0 Å². The topological polar surface area (TPSA) is 102 Å². The van der Waals surface area contributed by atoms with Crippen LogP contribution in [0.4, 0.5) is 0 Å². The predicted octanol–water partition coefficient (Wildman–Crippen LogP) is -2.44. The molecule has 0 spiro atoms.